The number of anilines is 1. The van der Waals surface area contributed by atoms with Crippen LogP contribution in [-0.2, 0) is 14.8 Å². The second kappa shape index (κ2) is 6.31. The van der Waals surface area contributed by atoms with Crippen LogP contribution in [0.25, 0.3) is 0 Å². The molecule has 2 rings (SSSR count). The molecule has 0 spiro atoms. The van der Waals surface area contributed by atoms with Gasteiger partial charge in [-0.2, -0.15) is 0 Å². The van der Waals surface area contributed by atoms with Gasteiger partial charge in [-0.1, -0.05) is 0 Å². The third kappa shape index (κ3) is 4.33. The number of sulfonamides is 1. The lowest BCUT2D eigenvalue weighted by Gasteiger charge is -2.24. The highest BCUT2D eigenvalue weighted by atomic mass is 32.2. The second-order valence-corrected chi connectivity index (χ2v) is 6.50. The highest BCUT2D eigenvalue weighted by molar-refractivity contribution is 7.88. The van der Waals surface area contributed by atoms with Crippen LogP contribution in [-0.4, -0.2) is 46.9 Å². The topological polar surface area (TPSA) is 84.9 Å². The normalized spacial score (nSPS) is 13.8. The summed E-state index contributed by atoms with van der Waals surface area (Å²) in [4.78, 5) is 13.2. The highest BCUT2D eigenvalue weighted by Crippen LogP contribution is 2.33. The van der Waals surface area contributed by atoms with Gasteiger partial charge in [-0.3, -0.25) is 4.79 Å². The summed E-state index contributed by atoms with van der Waals surface area (Å²) in [6.07, 6.45) is 1.08. The zero-order valence-corrected chi connectivity index (χ0v) is 12.8. The van der Waals surface area contributed by atoms with Crippen molar-refractivity contribution in [3.8, 4) is 11.5 Å². The predicted molar refractivity (Wildman–Crippen MR) is 78.3 cm³/mol. The molecule has 0 unspecified atom stereocenters. The molecule has 1 aromatic carbocycles. The molecule has 0 bridgehead atoms. The van der Waals surface area contributed by atoms with Crippen molar-refractivity contribution < 1.29 is 22.7 Å². The van der Waals surface area contributed by atoms with Crippen LogP contribution in [0.15, 0.2) is 18.2 Å². The summed E-state index contributed by atoms with van der Waals surface area (Å²) in [5.41, 5.74) is 0.641. The zero-order valence-electron chi connectivity index (χ0n) is 12.0. The Labute approximate surface area is 123 Å². The molecule has 21 heavy (non-hydrogen) atoms. The van der Waals surface area contributed by atoms with Crippen molar-refractivity contribution in [2.24, 2.45) is 0 Å². The Hall–Kier alpha value is -1.80. The van der Waals surface area contributed by atoms with Gasteiger partial charge in [-0.25, -0.2) is 13.1 Å². The summed E-state index contributed by atoms with van der Waals surface area (Å²) < 4.78 is 35.4. The van der Waals surface area contributed by atoms with Crippen LogP contribution in [0.1, 0.15) is 6.92 Å². The maximum atomic E-state index is 11.7. The number of nitrogens with one attached hydrogen (secondary N) is 1. The minimum Gasteiger partial charge on any atom is -0.486 e. The Morgan fingerprint density at radius 1 is 1.29 bits per heavy atom. The Kier molecular flexibility index (Phi) is 4.69. The molecule has 7 nitrogen and oxygen atoms in total. The largest absolute Gasteiger partial charge is 0.486 e. The number of hydrogen-bond donors (Lipinski definition) is 1. The van der Waals surface area contributed by atoms with Crippen molar-refractivity contribution >= 4 is 21.6 Å². The average molecular weight is 314 g/mol. The summed E-state index contributed by atoms with van der Waals surface area (Å²) in [6, 6.07) is 5.20. The van der Waals surface area contributed by atoms with Gasteiger partial charge in [0.2, 0.25) is 15.9 Å². The first-order valence-electron chi connectivity index (χ1n) is 6.49. The third-order valence-electron chi connectivity index (χ3n) is 2.92. The lowest BCUT2D eigenvalue weighted by molar-refractivity contribution is -0.116. The number of carbonyl (C=O) groups excluding carboxylic acids is 1. The van der Waals surface area contributed by atoms with E-state index >= 15 is 0 Å². The van der Waals surface area contributed by atoms with Gasteiger partial charge in [-0.05, 0) is 12.1 Å². The van der Waals surface area contributed by atoms with Crippen molar-refractivity contribution in [1.82, 2.24) is 4.72 Å². The van der Waals surface area contributed by atoms with Crippen LogP contribution >= 0.6 is 0 Å². The Bertz CT molecular complexity index is 629. The van der Waals surface area contributed by atoms with Crippen LogP contribution in [0.5, 0.6) is 11.5 Å². The van der Waals surface area contributed by atoms with Crippen molar-refractivity contribution in [3.05, 3.63) is 18.2 Å². The number of benzene rings is 1. The van der Waals surface area contributed by atoms with Crippen molar-refractivity contribution in [3.63, 3.8) is 0 Å². The van der Waals surface area contributed by atoms with Gasteiger partial charge < -0.3 is 14.4 Å². The minimum atomic E-state index is -3.27. The predicted octanol–water partition coefficient (Wildman–Crippen LogP) is 0.360. The molecule has 0 atom stereocenters. The van der Waals surface area contributed by atoms with E-state index in [4.69, 9.17) is 9.47 Å². The monoisotopic (exact) mass is 314 g/mol. The number of fused-ring (bicyclic) bond motifs is 1. The van der Waals surface area contributed by atoms with Crippen LogP contribution in [0.2, 0.25) is 0 Å². The number of nitrogens with zero attached hydrogens (tertiary/aromatic N) is 1. The second-order valence-electron chi connectivity index (χ2n) is 4.67. The molecule has 1 heterocycles. The molecule has 0 fully saturated rings. The van der Waals surface area contributed by atoms with Crippen molar-refractivity contribution in [2.45, 2.75) is 6.92 Å². The van der Waals surface area contributed by atoms with Gasteiger partial charge >= 0.3 is 0 Å². The van der Waals surface area contributed by atoms with Gasteiger partial charge in [0.1, 0.15) is 13.2 Å². The maximum absolute atomic E-state index is 11.7. The molecule has 116 valence electrons. The molecule has 1 amide bonds. The summed E-state index contributed by atoms with van der Waals surface area (Å²) in [6.45, 7) is 2.78. The maximum Gasteiger partial charge on any atom is 0.223 e. The van der Waals surface area contributed by atoms with E-state index in [-0.39, 0.29) is 19.0 Å². The molecule has 1 aliphatic heterocycles. The van der Waals surface area contributed by atoms with E-state index in [0.717, 1.165) is 6.26 Å². The summed E-state index contributed by atoms with van der Waals surface area (Å²) in [5.74, 6) is 1.05. The lowest BCUT2D eigenvalue weighted by atomic mass is 10.2. The average Bonchev–Trinajstić information content (AvgIpc) is 2.41. The highest BCUT2D eigenvalue weighted by Gasteiger charge is 2.17. The SMILES string of the molecule is CC(=O)N(CCNS(C)(=O)=O)c1ccc2c(c1)OCCO2. The lowest BCUT2D eigenvalue weighted by Crippen LogP contribution is -2.37. The quantitative estimate of drug-likeness (QED) is 0.848. The van der Waals surface area contributed by atoms with Gasteiger partial charge in [0, 0.05) is 31.8 Å². The Morgan fingerprint density at radius 3 is 2.57 bits per heavy atom. The van der Waals surface area contributed by atoms with Crippen LogP contribution < -0.4 is 19.1 Å². The van der Waals surface area contributed by atoms with Gasteiger partial charge in [0.25, 0.3) is 0 Å². The molecule has 1 aromatic rings. The fourth-order valence-corrected chi connectivity index (χ4v) is 2.47. The van der Waals surface area contributed by atoms with E-state index < -0.39 is 10.0 Å². The fourth-order valence-electron chi connectivity index (χ4n) is 2.01. The first kappa shape index (κ1) is 15.6. The van der Waals surface area contributed by atoms with Crippen LogP contribution in [0, 0.1) is 0 Å². The zero-order chi connectivity index (χ0) is 15.5. The molecular formula is C13H18N2O5S. The van der Waals surface area contributed by atoms with E-state index in [2.05, 4.69) is 4.72 Å². The number of rotatable bonds is 5. The molecule has 1 aliphatic rings. The van der Waals surface area contributed by atoms with E-state index in [1.54, 1.807) is 18.2 Å². The molecule has 1 N–H and O–H groups in total. The molecule has 8 heteroatoms. The Morgan fingerprint density at radius 2 is 1.95 bits per heavy atom. The van der Waals surface area contributed by atoms with Gasteiger partial charge in [0.05, 0.1) is 6.26 Å². The minimum absolute atomic E-state index is 0.146. The molecule has 0 saturated heterocycles. The van der Waals surface area contributed by atoms with E-state index in [1.165, 1.54) is 11.8 Å². The van der Waals surface area contributed by atoms with Gasteiger partial charge in [0.15, 0.2) is 11.5 Å². The number of hydrogen-bond acceptors (Lipinski definition) is 5. The standard InChI is InChI=1S/C13H18N2O5S/c1-10(16)15(6-5-14-21(2,17)18)11-3-4-12-13(9-11)20-8-7-19-12/h3-4,9,14H,5-8H2,1-2H3. The van der Waals surface area contributed by atoms with Gasteiger partial charge in [-0.15, -0.1) is 0 Å². The first-order valence-corrected chi connectivity index (χ1v) is 8.38. The fraction of sp³-hybridized carbons (Fsp3) is 0.462. The Balaban J connectivity index is 2.12. The van der Waals surface area contributed by atoms with Crippen LogP contribution in [0.4, 0.5) is 5.69 Å². The number of ether oxygens (including phenoxy) is 2. The first-order chi connectivity index (χ1) is 9.87. The third-order valence-corrected chi connectivity index (χ3v) is 3.65. The summed E-state index contributed by atoms with van der Waals surface area (Å²) in [7, 11) is -3.27. The number of carbonyl (C=O) groups is 1. The molecule has 0 aliphatic carbocycles. The van der Waals surface area contributed by atoms with Crippen molar-refractivity contribution in [2.75, 3.05) is 37.5 Å². The molecule has 0 aromatic heterocycles. The molecule has 0 saturated carbocycles. The molecular weight excluding hydrogens is 296 g/mol. The van der Waals surface area contributed by atoms with E-state index in [9.17, 15) is 13.2 Å². The smallest absolute Gasteiger partial charge is 0.223 e. The molecule has 0 radical (unpaired) electrons. The van der Waals surface area contributed by atoms with Crippen molar-refractivity contribution in [1.29, 1.82) is 0 Å². The van der Waals surface area contributed by atoms with E-state index in [1.807, 2.05) is 0 Å². The summed E-state index contributed by atoms with van der Waals surface area (Å²) >= 11 is 0. The van der Waals surface area contributed by atoms with E-state index in [0.29, 0.717) is 30.4 Å². The summed E-state index contributed by atoms with van der Waals surface area (Å²) in [5, 5.41) is 0. The van der Waals surface area contributed by atoms with Crippen LogP contribution in [0.3, 0.4) is 0 Å². The number of amides is 1.